The fourth-order valence-electron chi connectivity index (χ4n) is 3.43. The molecule has 0 unspecified atom stereocenters. The van der Waals surface area contributed by atoms with Gasteiger partial charge >= 0.3 is 0 Å². The Balaban J connectivity index is 1.74. The summed E-state index contributed by atoms with van der Waals surface area (Å²) in [5.41, 5.74) is 13.2. The Morgan fingerprint density at radius 1 is 1.24 bits per heavy atom. The van der Waals surface area contributed by atoms with E-state index in [1.165, 1.54) is 4.57 Å². The Kier molecular flexibility index (Phi) is 6.89. The highest BCUT2D eigenvalue weighted by molar-refractivity contribution is 6.30. The van der Waals surface area contributed by atoms with E-state index in [4.69, 9.17) is 23.1 Å². The van der Waals surface area contributed by atoms with E-state index in [1.807, 2.05) is 12.1 Å². The minimum absolute atomic E-state index is 0.122. The average molecular weight is 419 g/mol. The second kappa shape index (κ2) is 9.39. The van der Waals surface area contributed by atoms with E-state index >= 15 is 0 Å². The average Bonchev–Trinajstić information content (AvgIpc) is 2.71. The van der Waals surface area contributed by atoms with E-state index in [0.29, 0.717) is 17.9 Å². The highest BCUT2D eigenvalue weighted by Gasteiger charge is 2.21. The van der Waals surface area contributed by atoms with Crippen molar-refractivity contribution in [3.8, 4) is 0 Å². The Morgan fingerprint density at radius 3 is 2.52 bits per heavy atom. The third-order valence-electron chi connectivity index (χ3n) is 5.25. The van der Waals surface area contributed by atoms with Crippen LogP contribution in [0.5, 0.6) is 0 Å². The van der Waals surface area contributed by atoms with Gasteiger partial charge in [0.05, 0.1) is 5.69 Å². The van der Waals surface area contributed by atoms with E-state index in [1.54, 1.807) is 19.1 Å². The number of nitrogens with two attached hydrogens (primary N) is 2. The lowest BCUT2D eigenvalue weighted by atomic mass is 9.92. The van der Waals surface area contributed by atoms with Crippen LogP contribution >= 0.6 is 11.6 Å². The number of amides is 1. The third kappa shape index (κ3) is 5.35. The number of nitrogens with zero attached hydrogens (tertiary/aromatic N) is 2. The number of hydrogen-bond acceptors (Lipinski definition) is 6. The zero-order chi connectivity index (χ0) is 21.0. The molecule has 0 spiro atoms. The van der Waals surface area contributed by atoms with Crippen molar-refractivity contribution in [3.63, 3.8) is 0 Å². The predicted molar refractivity (Wildman–Crippen MR) is 115 cm³/mol. The van der Waals surface area contributed by atoms with Crippen LogP contribution in [0, 0.1) is 6.92 Å². The summed E-state index contributed by atoms with van der Waals surface area (Å²) in [6.07, 6.45) is 3.54. The lowest BCUT2D eigenvalue weighted by Crippen LogP contribution is -2.37. The first-order valence-corrected chi connectivity index (χ1v) is 10.1. The van der Waals surface area contributed by atoms with Crippen molar-refractivity contribution in [1.29, 1.82) is 0 Å². The maximum atomic E-state index is 12.9. The predicted octanol–water partition coefficient (Wildman–Crippen LogP) is 1.98. The lowest BCUT2D eigenvalue weighted by molar-refractivity contribution is -0.116. The van der Waals surface area contributed by atoms with Crippen LogP contribution in [-0.4, -0.2) is 27.5 Å². The van der Waals surface area contributed by atoms with Crippen molar-refractivity contribution in [1.82, 2.24) is 9.55 Å². The number of carbonyl (C=O) groups excluding carboxylic acids is 1. The van der Waals surface area contributed by atoms with Crippen molar-refractivity contribution < 1.29 is 4.79 Å². The molecule has 8 nitrogen and oxygen atoms in total. The zero-order valence-corrected chi connectivity index (χ0v) is 17.2. The highest BCUT2D eigenvalue weighted by Crippen LogP contribution is 2.21. The number of carbonyl (C=O) groups is 1. The lowest BCUT2D eigenvalue weighted by Gasteiger charge is -2.27. The number of aromatic nitrogens is 2. The van der Waals surface area contributed by atoms with Crippen LogP contribution in [-0.2, 0) is 17.9 Å². The molecule has 0 aliphatic heterocycles. The largest absolute Gasteiger partial charge is 0.363 e. The minimum Gasteiger partial charge on any atom is -0.363 e. The van der Waals surface area contributed by atoms with Gasteiger partial charge in [-0.1, -0.05) is 23.7 Å². The van der Waals surface area contributed by atoms with Crippen molar-refractivity contribution >= 4 is 29.0 Å². The first kappa shape index (κ1) is 21.3. The van der Waals surface area contributed by atoms with E-state index in [-0.39, 0.29) is 41.1 Å². The van der Waals surface area contributed by atoms with Gasteiger partial charge in [-0.3, -0.25) is 14.2 Å². The Morgan fingerprint density at radius 2 is 1.90 bits per heavy atom. The van der Waals surface area contributed by atoms with Crippen molar-refractivity contribution in [3.05, 3.63) is 51.0 Å². The summed E-state index contributed by atoms with van der Waals surface area (Å²) in [6.45, 7) is 1.94. The number of nitrogens with one attached hydrogen (secondary N) is 2. The molecule has 6 N–H and O–H groups in total. The molecule has 3 rings (SSSR count). The summed E-state index contributed by atoms with van der Waals surface area (Å²) in [5.74, 6) is -0.159. The number of hydrogen-bond donors (Lipinski definition) is 4. The maximum absolute atomic E-state index is 12.9. The van der Waals surface area contributed by atoms with Gasteiger partial charge in [0, 0.05) is 24.3 Å². The molecule has 1 saturated carbocycles. The first-order valence-electron chi connectivity index (χ1n) is 9.75. The van der Waals surface area contributed by atoms with Crippen LogP contribution in [0.1, 0.15) is 36.9 Å². The molecule has 1 heterocycles. The second-order valence-electron chi connectivity index (χ2n) is 7.43. The first-order chi connectivity index (χ1) is 13.9. The van der Waals surface area contributed by atoms with E-state index < -0.39 is 0 Å². The molecule has 0 radical (unpaired) electrons. The molecule has 0 saturated heterocycles. The fraction of sp³-hybridized carbons (Fsp3) is 0.450. The van der Waals surface area contributed by atoms with Crippen molar-refractivity contribution in [2.45, 2.75) is 57.8 Å². The van der Waals surface area contributed by atoms with Crippen LogP contribution in [0.15, 0.2) is 29.1 Å². The molecular formula is C20H27ClN6O2. The van der Waals surface area contributed by atoms with E-state index in [2.05, 4.69) is 15.6 Å². The molecule has 1 aliphatic rings. The van der Waals surface area contributed by atoms with Crippen LogP contribution in [0.25, 0.3) is 0 Å². The highest BCUT2D eigenvalue weighted by atomic mass is 35.5. The van der Waals surface area contributed by atoms with Gasteiger partial charge in [0.15, 0.2) is 11.0 Å². The smallest absolute Gasteiger partial charge is 0.294 e. The van der Waals surface area contributed by atoms with Gasteiger partial charge in [-0.05, 0) is 50.3 Å². The van der Waals surface area contributed by atoms with Crippen LogP contribution in [0.4, 0.5) is 11.5 Å². The Hall–Kier alpha value is -2.42. The summed E-state index contributed by atoms with van der Waals surface area (Å²) in [7, 11) is 0. The summed E-state index contributed by atoms with van der Waals surface area (Å²) < 4.78 is 1.34. The summed E-state index contributed by atoms with van der Waals surface area (Å²) >= 11 is 6.23. The van der Waals surface area contributed by atoms with Gasteiger partial charge in [0.25, 0.3) is 5.56 Å². The van der Waals surface area contributed by atoms with Gasteiger partial charge in [0.2, 0.25) is 5.91 Å². The molecule has 1 aromatic carbocycles. The molecular weight excluding hydrogens is 392 g/mol. The van der Waals surface area contributed by atoms with Crippen molar-refractivity contribution in [2.24, 2.45) is 11.5 Å². The number of rotatable bonds is 6. The van der Waals surface area contributed by atoms with Gasteiger partial charge in [-0.25, -0.2) is 4.98 Å². The van der Waals surface area contributed by atoms with E-state index in [9.17, 15) is 9.59 Å². The third-order valence-corrected chi connectivity index (χ3v) is 5.61. The maximum Gasteiger partial charge on any atom is 0.294 e. The molecule has 1 amide bonds. The normalized spacial score (nSPS) is 19.0. The van der Waals surface area contributed by atoms with Gasteiger partial charge < -0.3 is 22.1 Å². The van der Waals surface area contributed by atoms with Crippen LogP contribution in [0.3, 0.4) is 0 Å². The van der Waals surface area contributed by atoms with Gasteiger partial charge in [-0.2, -0.15) is 0 Å². The molecule has 29 heavy (non-hydrogen) atoms. The Labute approximate surface area is 174 Å². The molecule has 1 aromatic heterocycles. The summed E-state index contributed by atoms with van der Waals surface area (Å²) in [4.78, 5) is 29.6. The van der Waals surface area contributed by atoms with Gasteiger partial charge in [-0.15, -0.1) is 0 Å². The Bertz CT molecular complexity index is 920. The van der Waals surface area contributed by atoms with Crippen molar-refractivity contribution in [2.75, 3.05) is 10.6 Å². The van der Waals surface area contributed by atoms with Gasteiger partial charge in [0.1, 0.15) is 6.54 Å². The van der Waals surface area contributed by atoms with Crippen LogP contribution < -0.4 is 27.7 Å². The number of benzene rings is 1. The standard InChI is InChI=1S/C20H27ClN6O2/c1-12-18(21)26-19(25-16-8-4-14(23)5-9-16)20(29)27(12)11-17(28)24-15-6-2-13(10-22)3-7-15/h2-3,6-7,14,16H,4-5,8-11,22-23H2,1H3,(H,24,28)(H,25,26). The molecule has 0 bridgehead atoms. The quantitative estimate of drug-likeness (QED) is 0.567. The molecule has 0 atom stereocenters. The number of anilines is 2. The fourth-order valence-corrected chi connectivity index (χ4v) is 3.61. The minimum atomic E-state index is -0.365. The molecule has 156 valence electrons. The summed E-state index contributed by atoms with van der Waals surface area (Å²) in [5, 5.41) is 6.16. The number of halogens is 1. The monoisotopic (exact) mass is 418 g/mol. The summed E-state index contributed by atoms with van der Waals surface area (Å²) in [6, 6.07) is 7.56. The van der Waals surface area contributed by atoms with E-state index in [0.717, 1.165) is 31.2 Å². The topological polar surface area (TPSA) is 128 Å². The molecule has 9 heteroatoms. The molecule has 2 aromatic rings. The SMILES string of the molecule is Cc1c(Cl)nc(NC2CCC(N)CC2)c(=O)n1CC(=O)Nc1ccc(CN)cc1. The molecule has 1 fully saturated rings. The van der Waals surface area contributed by atoms with Crippen LogP contribution in [0.2, 0.25) is 5.15 Å². The zero-order valence-electron chi connectivity index (χ0n) is 16.5. The molecule has 1 aliphatic carbocycles. The second-order valence-corrected chi connectivity index (χ2v) is 7.79.